The van der Waals surface area contributed by atoms with E-state index in [-0.39, 0.29) is 0 Å². The molecule has 2 bridgehead atoms. The second kappa shape index (κ2) is 5.02. The molecular weight excluding hydrogens is 244 g/mol. The first-order chi connectivity index (χ1) is 9.81. The molecule has 3 atom stereocenters. The Kier molecular flexibility index (Phi) is 3.17. The predicted octanol–water partition coefficient (Wildman–Crippen LogP) is 4.96. The van der Waals surface area contributed by atoms with Gasteiger partial charge in [-0.3, -0.25) is 4.79 Å². The monoisotopic (exact) mass is 268 g/mol. The van der Waals surface area contributed by atoms with Crippen molar-refractivity contribution in [3.05, 3.63) is 35.4 Å². The van der Waals surface area contributed by atoms with E-state index >= 15 is 0 Å². The molecule has 1 aromatic carbocycles. The third-order valence-electron chi connectivity index (χ3n) is 6.14. The zero-order valence-electron chi connectivity index (χ0n) is 12.2. The minimum absolute atomic E-state index is 0.421. The first kappa shape index (κ1) is 12.6. The van der Waals surface area contributed by atoms with Gasteiger partial charge in [0.05, 0.1) is 0 Å². The summed E-state index contributed by atoms with van der Waals surface area (Å²) in [5.41, 5.74) is 2.38. The summed E-state index contributed by atoms with van der Waals surface area (Å²) in [7, 11) is 0. The van der Waals surface area contributed by atoms with Crippen molar-refractivity contribution in [2.45, 2.75) is 57.3 Å². The summed E-state index contributed by atoms with van der Waals surface area (Å²) in [6.07, 6.45) is 10.2. The van der Waals surface area contributed by atoms with Gasteiger partial charge in [-0.2, -0.15) is 0 Å². The van der Waals surface area contributed by atoms with Crippen LogP contribution in [0.25, 0.3) is 0 Å². The van der Waals surface area contributed by atoms with E-state index in [0.717, 1.165) is 23.8 Å². The Balaban J connectivity index is 1.51. The minimum Gasteiger partial charge on any atom is -0.294 e. The van der Waals surface area contributed by atoms with E-state index in [2.05, 4.69) is 18.2 Å². The number of rotatable bonds is 4. The Morgan fingerprint density at radius 1 is 1.05 bits per heavy atom. The quantitative estimate of drug-likeness (QED) is 0.705. The molecule has 0 saturated heterocycles. The average Bonchev–Trinajstić information content (AvgIpc) is 2.99. The van der Waals surface area contributed by atoms with E-state index in [1.807, 2.05) is 6.07 Å². The fraction of sp³-hybridized carbons (Fsp3) is 0.632. The molecule has 4 rings (SSSR count). The second-order valence-corrected chi connectivity index (χ2v) is 7.28. The smallest absolute Gasteiger partial charge is 0.163 e. The van der Waals surface area contributed by atoms with Crippen molar-refractivity contribution < 1.29 is 4.79 Å². The average molecular weight is 268 g/mol. The highest BCUT2D eigenvalue weighted by Gasteiger charge is 2.40. The maximum absolute atomic E-state index is 12.7. The summed E-state index contributed by atoms with van der Waals surface area (Å²) >= 11 is 0. The van der Waals surface area contributed by atoms with Gasteiger partial charge in [-0.1, -0.05) is 37.1 Å². The van der Waals surface area contributed by atoms with Gasteiger partial charge in [0.25, 0.3) is 0 Å². The van der Waals surface area contributed by atoms with Crippen molar-refractivity contribution in [3.8, 4) is 0 Å². The summed E-state index contributed by atoms with van der Waals surface area (Å²) in [6.45, 7) is 0. The molecule has 1 aromatic rings. The maximum Gasteiger partial charge on any atom is 0.163 e. The van der Waals surface area contributed by atoms with Crippen molar-refractivity contribution in [2.24, 2.45) is 17.8 Å². The van der Waals surface area contributed by atoms with Gasteiger partial charge in [0, 0.05) is 12.0 Å². The molecule has 3 aliphatic rings. The predicted molar refractivity (Wildman–Crippen MR) is 80.9 cm³/mol. The molecule has 3 unspecified atom stereocenters. The van der Waals surface area contributed by atoms with Gasteiger partial charge < -0.3 is 0 Å². The van der Waals surface area contributed by atoms with E-state index < -0.39 is 0 Å². The summed E-state index contributed by atoms with van der Waals surface area (Å²) in [5.74, 6) is 3.58. The van der Waals surface area contributed by atoms with Crippen LogP contribution in [0.3, 0.4) is 0 Å². The molecule has 0 N–H and O–H groups in total. The number of Topliss-reactive ketones (excluding diaryl/α,β-unsaturated/α-hetero) is 1. The lowest BCUT2D eigenvalue weighted by Gasteiger charge is -2.28. The second-order valence-electron chi connectivity index (χ2n) is 7.28. The molecule has 0 radical (unpaired) electrons. The summed E-state index contributed by atoms with van der Waals surface area (Å²) < 4.78 is 0. The molecule has 3 fully saturated rings. The molecule has 1 heteroatoms. The van der Waals surface area contributed by atoms with Crippen LogP contribution in [-0.2, 0) is 0 Å². The van der Waals surface area contributed by atoms with Crippen LogP contribution in [0.2, 0.25) is 0 Å². The van der Waals surface area contributed by atoms with Gasteiger partial charge in [0.1, 0.15) is 0 Å². The SMILES string of the molecule is O=C(CC1CC2CCC1C2)c1ccccc1C1CCC1. The lowest BCUT2D eigenvalue weighted by atomic mass is 9.76. The number of benzene rings is 1. The molecule has 0 aromatic heterocycles. The number of ketones is 1. The zero-order valence-corrected chi connectivity index (χ0v) is 12.2. The normalized spacial score (nSPS) is 32.3. The Morgan fingerprint density at radius 2 is 1.90 bits per heavy atom. The van der Waals surface area contributed by atoms with Gasteiger partial charge in [-0.15, -0.1) is 0 Å². The van der Waals surface area contributed by atoms with E-state index in [9.17, 15) is 4.79 Å². The van der Waals surface area contributed by atoms with Crippen LogP contribution in [0.1, 0.15) is 73.2 Å². The third-order valence-corrected chi connectivity index (χ3v) is 6.14. The molecular formula is C19H24O. The number of carbonyl (C=O) groups is 1. The summed E-state index contributed by atoms with van der Waals surface area (Å²) in [6, 6.07) is 8.40. The van der Waals surface area contributed by atoms with Crippen LogP contribution in [-0.4, -0.2) is 5.78 Å². The molecule has 0 heterocycles. The van der Waals surface area contributed by atoms with Crippen LogP contribution in [0.4, 0.5) is 0 Å². The lowest BCUT2D eigenvalue weighted by molar-refractivity contribution is 0.0942. The minimum atomic E-state index is 0.421. The standard InChI is InChI=1S/C19H24O/c20-19(12-16-11-13-8-9-15(16)10-13)18-7-2-1-6-17(18)14-4-3-5-14/h1-2,6-7,13-16H,3-5,8-12H2. The molecule has 106 valence electrons. The molecule has 0 aliphatic heterocycles. The van der Waals surface area contributed by atoms with Gasteiger partial charge in [-0.25, -0.2) is 0 Å². The first-order valence-corrected chi connectivity index (χ1v) is 8.43. The molecule has 0 spiro atoms. The number of carbonyl (C=O) groups excluding carboxylic acids is 1. The van der Waals surface area contributed by atoms with Gasteiger partial charge >= 0.3 is 0 Å². The van der Waals surface area contributed by atoms with Crippen LogP contribution in [0.5, 0.6) is 0 Å². The highest BCUT2D eigenvalue weighted by atomic mass is 16.1. The lowest BCUT2D eigenvalue weighted by Crippen LogP contribution is -2.18. The van der Waals surface area contributed by atoms with Crippen LogP contribution < -0.4 is 0 Å². The van der Waals surface area contributed by atoms with Crippen molar-refractivity contribution >= 4 is 5.78 Å². The van der Waals surface area contributed by atoms with Crippen LogP contribution in [0.15, 0.2) is 24.3 Å². The zero-order chi connectivity index (χ0) is 13.5. The van der Waals surface area contributed by atoms with Gasteiger partial charge in [0.2, 0.25) is 0 Å². The van der Waals surface area contributed by atoms with Crippen molar-refractivity contribution in [1.82, 2.24) is 0 Å². The van der Waals surface area contributed by atoms with Gasteiger partial charge in [-0.05, 0) is 61.3 Å². The number of hydrogen-bond acceptors (Lipinski definition) is 1. The Hall–Kier alpha value is -1.11. The third kappa shape index (κ3) is 2.12. The highest BCUT2D eigenvalue weighted by Crippen LogP contribution is 2.50. The topological polar surface area (TPSA) is 17.1 Å². The highest BCUT2D eigenvalue weighted by molar-refractivity contribution is 5.97. The number of hydrogen-bond donors (Lipinski definition) is 0. The first-order valence-electron chi connectivity index (χ1n) is 8.43. The van der Waals surface area contributed by atoms with Gasteiger partial charge in [0.15, 0.2) is 5.78 Å². The number of fused-ring (bicyclic) bond motifs is 2. The molecule has 20 heavy (non-hydrogen) atoms. The van der Waals surface area contributed by atoms with Crippen molar-refractivity contribution in [3.63, 3.8) is 0 Å². The molecule has 3 saturated carbocycles. The van der Waals surface area contributed by atoms with E-state index in [1.54, 1.807) is 0 Å². The summed E-state index contributed by atoms with van der Waals surface area (Å²) in [4.78, 5) is 12.7. The molecule has 3 aliphatic carbocycles. The Morgan fingerprint density at radius 3 is 2.55 bits per heavy atom. The van der Waals surface area contributed by atoms with Crippen molar-refractivity contribution in [2.75, 3.05) is 0 Å². The van der Waals surface area contributed by atoms with Crippen LogP contribution in [0, 0.1) is 17.8 Å². The fourth-order valence-corrected chi connectivity index (χ4v) is 4.80. The summed E-state index contributed by atoms with van der Waals surface area (Å²) in [5, 5.41) is 0. The van der Waals surface area contributed by atoms with E-state index in [0.29, 0.717) is 17.6 Å². The van der Waals surface area contributed by atoms with Crippen LogP contribution >= 0.6 is 0 Å². The molecule has 1 nitrogen and oxygen atoms in total. The maximum atomic E-state index is 12.7. The van der Waals surface area contributed by atoms with E-state index in [4.69, 9.17) is 0 Å². The van der Waals surface area contributed by atoms with Crippen molar-refractivity contribution in [1.29, 1.82) is 0 Å². The molecule has 0 amide bonds. The largest absolute Gasteiger partial charge is 0.294 e. The Bertz CT molecular complexity index is 514. The van der Waals surface area contributed by atoms with E-state index in [1.165, 1.54) is 50.5 Å². The Labute approximate surface area is 121 Å². The fourth-order valence-electron chi connectivity index (χ4n) is 4.80.